The lowest BCUT2D eigenvalue weighted by molar-refractivity contribution is 0.0741. The summed E-state index contributed by atoms with van der Waals surface area (Å²) >= 11 is 0. The van der Waals surface area contributed by atoms with E-state index in [1.165, 1.54) is 12.3 Å². The van der Waals surface area contributed by atoms with Crippen LogP contribution in [0.4, 0.5) is 15.9 Å². The van der Waals surface area contributed by atoms with Gasteiger partial charge in [-0.1, -0.05) is 12.0 Å². The standard InChI is InChI=1S/C30H26FN7O2/c1-3-10-36(2)22-6-7-23-24(17-22)27(34-35-29(23)39)16-20-4-8-26(31)25(15-20)30(40)38-13-11-37(12-14-38)28-9-5-21(18-32)19-33-28/h1,4-9,15,17,19H,10-14,16H2,2H3,(H,35,39). The minimum Gasteiger partial charge on any atom is -0.363 e. The van der Waals surface area contributed by atoms with Gasteiger partial charge in [-0.3, -0.25) is 9.59 Å². The fraction of sp³-hybridized carbons (Fsp3) is 0.233. The third-order valence-electron chi connectivity index (χ3n) is 7.02. The number of aromatic nitrogens is 3. The van der Waals surface area contributed by atoms with Gasteiger partial charge in [-0.05, 0) is 48.0 Å². The van der Waals surface area contributed by atoms with Crippen LogP contribution in [0.15, 0.2) is 59.5 Å². The molecule has 0 atom stereocenters. The maximum absolute atomic E-state index is 14.9. The molecule has 0 spiro atoms. The zero-order valence-corrected chi connectivity index (χ0v) is 21.9. The zero-order valence-electron chi connectivity index (χ0n) is 21.9. The molecule has 9 nitrogen and oxygen atoms in total. The van der Waals surface area contributed by atoms with Crippen LogP contribution in [0.2, 0.25) is 0 Å². The highest BCUT2D eigenvalue weighted by atomic mass is 19.1. The second-order valence-electron chi connectivity index (χ2n) is 9.58. The van der Waals surface area contributed by atoms with E-state index in [1.807, 2.05) is 35.0 Å². The molecule has 1 amide bonds. The number of nitrogens with zero attached hydrogens (tertiary/aromatic N) is 6. The van der Waals surface area contributed by atoms with Crippen LogP contribution in [0.1, 0.15) is 27.2 Å². The number of hydrogen-bond acceptors (Lipinski definition) is 7. The van der Waals surface area contributed by atoms with E-state index in [1.54, 1.807) is 35.2 Å². The van der Waals surface area contributed by atoms with Crippen molar-refractivity contribution in [2.45, 2.75) is 6.42 Å². The van der Waals surface area contributed by atoms with Gasteiger partial charge in [0, 0.05) is 56.9 Å². The SMILES string of the molecule is C#CCN(C)c1ccc2c(=O)[nH]nc(Cc3ccc(F)c(C(=O)N4CCN(c5ccc(C#N)cn5)CC4)c3)c2c1. The molecule has 0 unspecified atom stereocenters. The Morgan fingerprint density at radius 2 is 1.93 bits per heavy atom. The van der Waals surface area contributed by atoms with Gasteiger partial charge in [0.1, 0.15) is 17.7 Å². The van der Waals surface area contributed by atoms with Crippen LogP contribution in [0.3, 0.4) is 0 Å². The Labute approximate surface area is 230 Å². The number of H-pyrrole nitrogens is 1. The number of nitrogens with one attached hydrogen (secondary N) is 1. The van der Waals surface area contributed by atoms with Gasteiger partial charge >= 0.3 is 0 Å². The number of piperazine rings is 1. The second kappa shape index (κ2) is 11.3. The Balaban J connectivity index is 1.35. The molecule has 0 aliphatic carbocycles. The fourth-order valence-corrected chi connectivity index (χ4v) is 4.80. The van der Waals surface area contributed by atoms with Crippen LogP contribution in [-0.2, 0) is 6.42 Å². The average molecular weight is 536 g/mol. The van der Waals surface area contributed by atoms with Crippen molar-refractivity contribution in [2.75, 3.05) is 49.6 Å². The number of aromatic amines is 1. The molecule has 5 rings (SSSR count). The minimum atomic E-state index is -0.595. The third-order valence-corrected chi connectivity index (χ3v) is 7.02. The molecule has 200 valence electrons. The van der Waals surface area contributed by atoms with E-state index in [0.717, 1.165) is 11.5 Å². The molecule has 0 saturated carbocycles. The highest BCUT2D eigenvalue weighted by molar-refractivity contribution is 5.95. The number of anilines is 2. The summed E-state index contributed by atoms with van der Waals surface area (Å²) in [5.41, 5.74) is 2.28. The van der Waals surface area contributed by atoms with E-state index >= 15 is 0 Å². The average Bonchev–Trinajstić information content (AvgIpc) is 2.99. The first-order valence-electron chi connectivity index (χ1n) is 12.7. The Morgan fingerprint density at radius 3 is 2.62 bits per heavy atom. The largest absolute Gasteiger partial charge is 0.363 e. The minimum absolute atomic E-state index is 0.00868. The number of benzene rings is 2. The van der Waals surface area contributed by atoms with Crippen molar-refractivity contribution in [3.8, 4) is 18.4 Å². The first-order chi connectivity index (χ1) is 19.4. The number of amides is 1. The lowest BCUT2D eigenvalue weighted by Crippen LogP contribution is -2.49. The van der Waals surface area contributed by atoms with Gasteiger partial charge in [0.2, 0.25) is 0 Å². The molecule has 2 aromatic heterocycles. The van der Waals surface area contributed by atoms with Gasteiger partial charge in [0.05, 0.1) is 28.8 Å². The van der Waals surface area contributed by atoms with Crippen molar-refractivity contribution in [2.24, 2.45) is 0 Å². The molecule has 40 heavy (non-hydrogen) atoms. The summed E-state index contributed by atoms with van der Waals surface area (Å²) in [6, 6.07) is 15.4. The summed E-state index contributed by atoms with van der Waals surface area (Å²) < 4.78 is 14.9. The van der Waals surface area contributed by atoms with E-state index in [2.05, 4.69) is 21.1 Å². The summed E-state index contributed by atoms with van der Waals surface area (Å²) in [4.78, 5) is 35.6. The molecule has 1 N–H and O–H groups in total. The van der Waals surface area contributed by atoms with Crippen molar-refractivity contribution in [3.05, 3.63) is 93.3 Å². The molecule has 10 heteroatoms. The molecule has 1 aliphatic heterocycles. The number of nitriles is 1. The number of carbonyl (C=O) groups excluding carboxylic acids is 1. The van der Waals surface area contributed by atoms with Gasteiger partial charge in [-0.2, -0.15) is 10.4 Å². The number of rotatable bonds is 6. The number of hydrogen-bond donors (Lipinski definition) is 1. The quantitative estimate of drug-likeness (QED) is 0.378. The highest BCUT2D eigenvalue weighted by Crippen LogP contribution is 2.24. The summed E-state index contributed by atoms with van der Waals surface area (Å²) in [5, 5.41) is 16.9. The molecular formula is C30H26FN7O2. The molecule has 1 fully saturated rings. The predicted octanol–water partition coefficient (Wildman–Crippen LogP) is 2.95. The number of pyridine rings is 1. The van der Waals surface area contributed by atoms with E-state index in [9.17, 15) is 14.0 Å². The molecule has 2 aromatic carbocycles. The van der Waals surface area contributed by atoms with Gasteiger partial charge in [0.15, 0.2) is 0 Å². The molecule has 1 saturated heterocycles. The lowest BCUT2D eigenvalue weighted by atomic mass is 10.0. The van der Waals surface area contributed by atoms with Gasteiger partial charge < -0.3 is 14.7 Å². The zero-order chi connectivity index (χ0) is 28.2. The number of terminal acetylenes is 1. The van der Waals surface area contributed by atoms with E-state index in [4.69, 9.17) is 11.7 Å². The topological polar surface area (TPSA) is 109 Å². The Morgan fingerprint density at radius 1 is 1.12 bits per heavy atom. The van der Waals surface area contributed by atoms with Crippen molar-refractivity contribution in [1.29, 1.82) is 5.26 Å². The van der Waals surface area contributed by atoms with Gasteiger partial charge in [-0.15, -0.1) is 6.42 Å². The number of halogens is 1. The maximum Gasteiger partial charge on any atom is 0.272 e. The smallest absolute Gasteiger partial charge is 0.272 e. The predicted molar refractivity (Wildman–Crippen MR) is 151 cm³/mol. The first kappa shape index (κ1) is 26.4. The van der Waals surface area contributed by atoms with Crippen molar-refractivity contribution >= 4 is 28.2 Å². The maximum atomic E-state index is 14.9. The first-order valence-corrected chi connectivity index (χ1v) is 12.7. The molecule has 0 radical (unpaired) electrons. The Hall–Kier alpha value is -5.22. The van der Waals surface area contributed by atoms with E-state index < -0.39 is 5.82 Å². The highest BCUT2D eigenvalue weighted by Gasteiger charge is 2.25. The molecule has 3 heterocycles. The fourth-order valence-electron chi connectivity index (χ4n) is 4.80. The van der Waals surface area contributed by atoms with Crippen LogP contribution >= 0.6 is 0 Å². The molecule has 4 aromatic rings. The van der Waals surface area contributed by atoms with Gasteiger partial charge in [0.25, 0.3) is 11.5 Å². The summed E-state index contributed by atoms with van der Waals surface area (Å²) in [7, 11) is 1.86. The summed E-state index contributed by atoms with van der Waals surface area (Å²) in [5.74, 6) is 2.35. The van der Waals surface area contributed by atoms with Gasteiger partial charge in [-0.25, -0.2) is 14.5 Å². The summed E-state index contributed by atoms with van der Waals surface area (Å²) in [6.45, 7) is 2.29. The van der Waals surface area contributed by atoms with Crippen LogP contribution in [0, 0.1) is 29.5 Å². The molecule has 0 bridgehead atoms. The van der Waals surface area contributed by atoms with Crippen LogP contribution in [-0.4, -0.2) is 65.8 Å². The van der Waals surface area contributed by atoms with Crippen molar-refractivity contribution < 1.29 is 9.18 Å². The monoisotopic (exact) mass is 535 g/mol. The van der Waals surface area contributed by atoms with Crippen LogP contribution in [0.5, 0.6) is 0 Å². The van der Waals surface area contributed by atoms with Crippen LogP contribution < -0.4 is 15.4 Å². The van der Waals surface area contributed by atoms with Crippen molar-refractivity contribution in [1.82, 2.24) is 20.1 Å². The molecular weight excluding hydrogens is 509 g/mol. The van der Waals surface area contributed by atoms with Crippen LogP contribution in [0.25, 0.3) is 10.8 Å². The number of fused-ring (bicyclic) bond motifs is 1. The van der Waals surface area contributed by atoms with E-state index in [0.29, 0.717) is 60.3 Å². The second-order valence-corrected chi connectivity index (χ2v) is 9.58. The van der Waals surface area contributed by atoms with E-state index in [-0.39, 0.29) is 23.5 Å². The molecule has 1 aliphatic rings. The lowest BCUT2D eigenvalue weighted by Gasteiger charge is -2.35. The van der Waals surface area contributed by atoms with Crippen molar-refractivity contribution in [3.63, 3.8) is 0 Å². The normalized spacial score (nSPS) is 13.1. The number of carbonyl (C=O) groups is 1. The summed E-state index contributed by atoms with van der Waals surface area (Å²) in [6.07, 6.45) is 7.25. The third kappa shape index (κ3) is 5.33. The Kier molecular flexibility index (Phi) is 7.43. The Bertz CT molecular complexity index is 1710.